The number of nitrogens with one attached hydrogen (secondary N) is 1. The monoisotopic (exact) mass is 429 g/mol. The molecule has 0 unspecified atom stereocenters. The van der Waals surface area contributed by atoms with E-state index in [1.165, 1.54) is 12.4 Å². The van der Waals surface area contributed by atoms with Gasteiger partial charge < -0.3 is 20.7 Å². The molecule has 164 valence electrons. The second-order valence-electron chi connectivity index (χ2n) is 7.70. The van der Waals surface area contributed by atoms with Gasteiger partial charge in [-0.1, -0.05) is 36.9 Å². The van der Waals surface area contributed by atoms with Gasteiger partial charge in [0.2, 0.25) is 5.91 Å². The number of piperidine rings is 1. The zero-order chi connectivity index (χ0) is 22.3. The maximum absolute atomic E-state index is 11.8. The minimum atomic E-state index is -0.00555. The zero-order valence-electron chi connectivity index (χ0n) is 17.9. The fraction of sp³-hybridized carbons (Fsp3) is 0.240. The number of para-hydroxylation sites is 1. The van der Waals surface area contributed by atoms with E-state index in [9.17, 15) is 4.79 Å². The molecule has 1 amide bonds. The van der Waals surface area contributed by atoms with Crippen LogP contribution < -0.4 is 15.8 Å². The van der Waals surface area contributed by atoms with Gasteiger partial charge in [-0.15, -0.1) is 0 Å². The van der Waals surface area contributed by atoms with Gasteiger partial charge in [-0.05, 0) is 48.7 Å². The molecule has 0 bridgehead atoms. The van der Waals surface area contributed by atoms with Crippen LogP contribution in [0.15, 0.2) is 73.6 Å². The summed E-state index contributed by atoms with van der Waals surface area (Å²) in [6.45, 7) is 5.59. The number of anilines is 1. The Balaban J connectivity index is 1.43. The SMILES string of the molecule is C=CC(=O)N1CCC(NCc2ncnc(N)c2-c2ccc(Oc3ccccc3)cc2)CC1. The summed E-state index contributed by atoms with van der Waals surface area (Å²) in [5.41, 5.74) is 8.83. The lowest BCUT2D eigenvalue weighted by atomic mass is 10.0. The van der Waals surface area contributed by atoms with E-state index < -0.39 is 0 Å². The first-order valence-corrected chi connectivity index (χ1v) is 10.7. The van der Waals surface area contributed by atoms with E-state index in [2.05, 4.69) is 21.9 Å². The normalized spacial score (nSPS) is 14.2. The largest absolute Gasteiger partial charge is 0.457 e. The minimum absolute atomic E-state index is 0.00555. The van der Waals surface area contributed by atoms with Crippen molar-refractivity contribution in [1.82, 2.24) is 20.2 Å². The highest BCUT2D eigenvalue weighted by molar-refractivity contribution is 5.87. The molecule has 0 aliphatic carbocycles. The number of carbonyl (C=O) groups excluding carboxylic acids is 1. The van der Waals surface area contributed by atoms with Crippen molar-refractivity contribution >= 4 is 11.7 Å². The molecule has 0 saturated carbocycles. The van der Waals surface area contributed by atoms with Crippen LogP contribution in [0.5, 0.6) is 11.5 Å². The molecule has 4 rings (SSSR count). The topological polar surface area (TPSA) is 93.4 Å². The van der Waals surface area contributed by atoms with Crippen molar-refractivity contribution in [1.29, 1.82) is 0 Å². The second-order valence-corrected chi connectivity index (χ2v) is 7.70. The number of ether oxygens (including phenoxy) is 1. The summed E-state index contributed by atoms with van der Waals surface area (Å²) < 4.78 is 5.88. The Labute approximate surface area is 187 Å². The first-order valence-electron chi connectivity index (χ1n) is 10.7. The number of hydrogen-bond donors (Lipinski definition) is 2. The van der Waals surface area contributed by atoms with Crippen molar-refractivity contribution in [3.63, 3.8) is 0 Å². The zero-order valence-corrected chi connectivity index (χ0v) is 17.9. The average molecular weight is 430 g/mol. The Morgan fingerprint density at radius 3 is 2.47 bits per heavy atom. The first-order chi connectivity index (χ1) is 15.6. The summed E-state index contributed by atoms with van der Waals surface area (Å²) in [7, 11) is 0. The third-order valence-corrected chi connectivity index (χ3v) is 5.62. The van der Waals surface area contributed by atoms with Crippen molar-refractivity contribution in [3.8, 4) is 22.6 Å². The number of carbonyl (C=O) groups is 1. The van der Waals surface area contributed by atoms with Crippen molar-refractivity contribution in [2.45, 2.75) is 25.4 Å². The molecule has 1 aliphatic rings. The van der Waals surface area contributed by atoms with Crippen molar-refractivity contribution in [2.75, 3.05) is 18.8 Å². The Kier molecular flexibility index (Phi) is 6.77. The van der Waals surface area contributed by atoms with E-state index >= 15 is 0 Å². The third kappa shape index (κ3) is 5.12. The lowest BCUT2D eigenvalue weighted by molar-refractivity contribution is -0.127. The molecular weight excluding hydrogens is 402 g/mol. The number of amides is 1. The predicted octanol–water partition coefficient (Wildman–Crippen LogP) is 3.78. The lowest BCUT2D eigenvalue weighted by Gasteiger charge is -2.32. The molecule has 3 aromatic rings. The van der Waals surface area contributed by atoms with Gasteiger partial charge in [0.1, 0.15) is 23.6 Å². The fourth-order valence-corrected chi connectivity index (χ4v) is 3.87. The molecule has 0 atom stereocenters. The number of hydrogen-bond acceptors (Lipinski definition) is 6. The van der Waals surface area contributed by atoms with E-state index in [0.29, 0.717) is 18.4 Å². The molecule has 1 fully saturated rings. The molecular formula is C25H27N5O2. The van der Waals surface area contributed by atoms with Crippen molar-refractivity contribution < 1.29 is 9.53 Å². The van der Waals surface area contributed by atoms with Gasteiger partial charge in [-0.3, -0.25) is 4.79 Å². The summed E-state index contributed by atoms with van der Waals surface area (Å²) in [5, 5.41) is 3.56. The molecule has 1 aromatic heterocycles. The van der Waals surface area contributed by atoms with Crippen LogP contribution in [-0.2, 0) is 11.3 Å². The predicted molar refractivity (Wildman–Crippen MR) is 125 cm³/mol. The molecule has 1 aliphatic heterocycles. The van der Waals surface area contributed by atoms with E-state index in [0.717, 1.165) is 54.3 Å². The van der Waals surface area contributed by atoms with Crippen LogP contribution in [-0.4, -0.2) is 39.9 Å². The Morgan fingerprint density at radius 2 is 1.78 bits per heavy atom. The van der Waals surface area contributed by atoms with Gasteiger partial charge in [0.15, 0.2) is 0 Å². The van der Waals surface area contributed by atoms with Gasteiger partial charge in [0, 0.05) is 31.2 Å². The highest BCUT2D eigenvalue weighted by Gasteiger charge is 2.21. The van der Waals surface area contributed by atoms with Gasteiger partial charge >= 0.3 is 0 Å². The molecule has 0 spiro atoms. The summed E-state index contributed by atoms with van der Waals surface area (Å²) in [6.07, 6.45) is 4.65. The van der Waals surface area contributed by atoms with Crippen LogP contribution in [0.1, 0.15) is 18.5 Å². The van der Waals surface area contributed by atoms with Crippen LogP contribution in [0.2, 0.25) is 0 Å². The van der Waals surface area contributed by atoms with Crippen molar-refractivity contribution in [3.05, 3.63) is 79.3 Å². The molecule has 32 heavy (non-hydrogen) atoms. The standard InChI is InChI=1S/C25H27N5O2/c1-2-23(31)30-14-12-19(13-15-30)27-16-22-24(25(26)29-17-28-22)18-8-10-21(11-9-18)32-20-6-4-3-5-7-20/h2-11,17,19,27H,1,12-16H2,(H2,26,28,29). The van der Waals surface area contributed by atoms with Gasteiger partial charge in [0.25, 0.3) is 0 Å². The maximum atomic E-state index is 11.8. The van der Waals surface area contributed by atoms with Gasteiger partial charge in [0.05, 0.1) is 5.69 Å². The van der Waals surface area contributed by atoms with Crippen molar-refractivity contribution in [2.24, 2.45) is 0 Å². The second kappa shape index (κ2) is 10.1. The molecule has 2 aromatic carbocycles. The summed E-state index contributed by atoms with van der Waals surface area (Å²) >= 11 is 0. The van der Waals surface area contributed by atoms with Gasteiger partial charge in [-0.2, -0.15) is 0 Å². The number of nitrogens with two attached hydrogens (primary N) is 1. The van der Waals surface area contributed by atoms with Crippen LogP contribution in [0, 0.1) is 0 Å². The highest BCUT2D eigenvalue weighted by Crippen LogP contribution is 2.30. The van der Waals surface area contributed by atoms with E-state index in [4.69, 9.17) is 10.5 Å². The summed E-state index contributed by atoms with van der Waals surface area (Å²) in [4.78, 5) is 22.3. The van der Waals surface area contributed by atoms with E-state index in [-0.39, 0.29) is 5.91 Å². The van der Waals surface area contributed by atoms with Gasteiger partial charge in [-0.25, -0.2) is 9.97 Å². The third-order valence-electron chi connectivity index (χ3n) is 5.62. The lowest BCUT2D eigenvalue weighted by Crippen LogP contribution is -2.44. The number of likely N-dealkylation sites (tertiary alicyclic amines) is 1. The molecule has 1 saturated heterocycles. The minimum Gasteiger partial charge on any atom is -0.457 e. The molecule has 7 heteroatoms. The van der Waals surface area contributed by atoms with Crippen LogP contribution in [0.3, 0.4) is 0 Å². The molecule has 3 N–H and O–H groups in total. The first kappa shape index (κ1) is 21.5. The van der Waals surface area contributed by atoms with Crippen LogP contribution >= 0.6 is 0 Å². The average Bonchev–Trinajstić information content (AvgIpc) is 2.84. The molecule has 2 heterocycles. The number of nitrogen functional groups attached to an aromatic ring is 1. The fourth-order valence-electron chi connectivity index (χ4n) is 3.87. The molecule has 7 nitrogen and oxygen atoms in total. The number of nitrogens with zero attached hydrogens (tertiary/aromatic N) is 3. The summed E-state index contributed by atoms with van der Waals surface area (Å²) in [5.74, 6) is 1.97. The van der Waals surface area contributed by atoms with E-state index in [1.54, 1.807) is 0 Å². The Morgan fingerprint density at radius 1 is 1.09 bits per heavy atom. The smallest absolute Gasteiger partial charge is 0.245 e. The van der Waals surface area contributed by atoms with Crippen LogP contribution in [0.4, 0.5) is 5.82 Å². The summed E-state index contributed by atoms with van der Waals surface area (Å²) in [6, 6.07) is 17.7. The number of benzene rings is 2. The molecule has 0 radical (unpaired) electrons. The highest BCUT2D eigenvalue weighted by atomic mass is 16.5. The van der Waals surface area contributed by atoms with E-state index in [1.807, 2.05) is 59.5 Å². The maximum Gasteiger partial charge on any atom is 0.245 e. The Hall–Kier alpha value is -3.71. The Bertz CT molecular complexity index is 1060. The number of rotatable bonds is 7. The quantitative estimate of drug-likeness (QED) is 0.555. The van der Waals surface area contributed by atoms with Crippen LogP contribution in [0.25, 0.3) is 11.1 Å². The number of aromatic nitrogens is 2.